The van der Waals surface area contributed by atoms with Gasteiger partial charge in [0.25, 0.3) is 0 Å². The van der Waals surface area contributed by atoms with Crippen LogP contribution in [-0.4, -0.2) is 19.4 Å². The van der Waals surface area contributed by atoms with E-state index in [0.29, 0.717) is 5.69 Å². The van der Waals surface area contributed by atoms with Gasteiger partial charge < -0.3 is 5.73 Å². The Bertz CT molecular complexity index is 570. The molecule has 1 unspecified atom stereocenters. The number of rotatable bonds is 4. The van der Waals surface area contributed by atoms with E-state index in [-0.39, 0.29) is 22.9 Å². The molecule has 1 heterocycles. The molecule has 1 fully saturated rings. The van der Waals surface area contributed by atoms with Crippen LogP contribution in [0.3, 0.4) is 0 Å². The number of nitrogens with two attached hydrogens (primary N) is 1. The molecule has 0 bridgehead atoms. The quantitative estimate of drug-likeness (QED) is 0.887. The molecule has 0 saturated heterocycles. The van der Waals surface area contributed by atoms with E-state index < -0.39 is 10.0 Å². The van der Waals surface area contributed by atoms with Crippen molar-refractivity contribution in [3.63, 3.8) is 0 Å². The van der Waals surface area contributed by atoms with Gasteiger partial charge in [0.15, 0.2) is 0 Å². The molecular formula is C14H23N3O2S. The monoisotopic (exact) mass is 297 g/mol. The number of nitrogens with one attached hydrogen (secondary N) is 1. The van der Waals surface area contributed by atoms with Crippen LogP contribution in [0, 0.1) is 5.41 Å². The average molecular weight is 297 g/mol. The summed E-state index contributed by atoms with van der Waals surface area (Å²) < 4.78 is 28.0. The summed E-state index contributed by atoms with van der Waals surface area (Å²) in [4.78, 5) is 4.25. The van der Waals surface area contributed by atoms with E-state index in [1.807, 2.05) is 0 Å². The van der Waals surface area contributed by atoms with Gasteiger partial charge in [-0.2, -0.15) is 0 Å². The first-order valence-electron chi connectivity index (χ1n) is 7.03. The van der Waals surface area contributed by atoms with Gasteiger partial charge >= 0.3 is 0 Å². The molecule has 0 aromatic carbocycles. The Hall–Kier alpha value is -0.980. The zero-order chi connectivity index (χ0) is 14.8. The van der Waals surface area contributed by atoms with Crippen molar-refractivity contribution in [3.8, 4) is 0 Å². The maximum absolute atomic E-state index is 12.6. The van der Waals surface area contributed by atoms with Crippen molar-refractivity contribution in [2.24, 2.45) is 11.1 Å². The van der Waals surface area contributed by atoms with E-state index in [9.17, 15) is 8.42 Å². The van der Waals surface area contributed by atoms with Crippen molar-refractivity contribution >= 4 is 10.0 Å². The lowest BCUT2D eigenvalue weighted by molar-refractivity contribution is 0.188. The molecule has 112 valence electrons. The molecule has 20 heavy (non-hydrogen) atoms. The Morgan fingerprint density at radius 2 is 2.20 bits per heavy atom. The first-order chi connectivity index (χ1) is 9.37. The Morgan fingerprint density at radius 1 is 1.45 bits per heavy atom. The highest BCUT2D eigenvalue weighted by Gasteiger charge is 2.35. The van der Waals surface area contributed by atoms with Crippen molar-refractivity contribution in [1.82, 2.24) is 9.71 Å². The van der Waals surface area contributed by atoms with Crippen LogP contribution in [0.4, 0.5) is 0 Å². The zero-order valence-corrected chi connectivity index (χ0v) is 12.9. The van der Waals surface area contributed by atoms with Crippen LogP contribution in [-0.2, 0) is 16.6 Å². The predicted molar refractivity (Wildman–Crippen MR) is 78.5 cm³/mol. The molecule has 1 atom stereocenters. The minimum Gasteiger partial charge on any atom is -0.325 e. The highest BCUT2D eigenvalue weighted by molar-refractivity contribution is 7.89. The third kappa shape index (κ3) is 3.19. The smallest absolute Gasteiger partial charge is 0.242 e. The van der Waals surface area contributed by atoms with Crippen LogP contribution in [0.5, 0.6) is 0 Å². The lowest BCUT2D eigenvalue weighted by Crippen LogP contribution is -2.46. The van der Waals surface area contributed by atoms with Gasteiger partial charge in [-0.3, -0.25) is 4.98 Å². The molecule has 6 heteroatoms. The third-order valence-corrected chi connectivity index (χ3v) is 5.68. The second-order valence-corrected chi connectivity index (χ2v) is 7.74. The third-order valence-electron chi connectivity index (χ3n) is 4.14. The largest absolute Gasteiger partial charge is 0.325 e. The topological polar surface area (TPSA) is 85.1 Å². The molecule has 0 aliphatic heterocycles. The standard InChI is InChI=1S/C14H23N3O2S/c1-14(2)8-4-3-7-13(14)17-20(18,19)12-6-5-9-16-11(12)10-15/h5-6,9,13,17H,3-4,7-8,10,15H2,1-2H3. The first-order valence-corrected chi connectivity index (χ1v) is 8.51. The van der Waals surface area contributed by atoms with E-state index in [2.05, 4.69) is 23.6 Å². The van der Waals surface area contributed by atoms with Crippen molar-refractivity contribution in [3.05, 3.63) is 24.0 Å². The number of aromatic nitrogens is 1. The minimum absolute atomic E-state index is 0.0175. The minimum atomic E-state index is -3.57. The highest BCUT2D eigenvalue weighted by Crippen LogP contribution is 2.36. The maximum Gasteiger partial charge on any atom is 0.242 e. The van der Waals surface area contributed by atoms with E-state index in [1.165, 1.54) is 0 Å². The van der Waals surface area contributed by atoms with E-state index >= 15 is 0 Å². The van der Waals surface area contributed by atoms with Crippen LogP contribution in [0.15, 0.2) is 23.2 Å². The molecule has 1 aromatic rings. The van der Waals surface area contributed by atoms with Crippen molar-refractivity contribution in [1.29, 1.82) is 0 Å². The lowest BCUT2D eigenvalue weighted by Gasteiger charge is -2.38. The Balaban J connectivity index is 2.27. The molecule has 1 saturated carbocycles. The van der Waals surface area contributed by atoms with Gasteiger partial charge in [0, 0.05) is 18.8 Å². The van der Waals surface area contributed by atoms with Gasteiger partial charge in [0.05, 0.1) is 5.69 Å². The summed E-state index contributed by atoms with van der Waals surface area (Å²) in [5, 5.41) is 0. The maximum atomic E-state index is 12.6. The number of pyridine rings is 1. The SMILES string of the molecule is CC1(C)CCCCC1NS(=O)(=O)c1cccnc1CN. The van der Waals surface area contributed by atoms with Gasteiger partial charge in [0.2, 0.25) is 10.0 Å². The summed E-state index contributed by atoms with van der Waals surface area (Å²) in [5.41, 5.74) is 5.97. The van der Waals surface area contributed by atoms with E-state index in [1.54, 1.807) is 18.3 Å². The summed E-state index contributed by atoms with van der Waals surface area (Å²) in [5.74, 6) is 0. The molecule has 0 spiro atoms. The van der Waals surface area contributed by atoms with Crippen LogP contribution in [0.2, 0.25) is 0 Å². The van der Waals surface area contributed by atoms with E-state index in [0.717, 1.165) is 25.7 Å². The number of hydrogen-bond acceptors (Lipinski definition) is 4. The number of sulfonamides is 1. The summed E-state index contributed by atoms with van der Waals surface area (Å²) in [6.45, 7) is 4.35. The molecule has 5 nitrogen and oxygen atoms in total. The fraction of sp³-hybridized carbons (Fsp3) is 0.643. The second-order valence-electron chi connectivity index (χ2n) is 6.06. The molecule has 1 aromatic heterocycles. The fourth-order valence-corrected chi connectivity index (χ4v) is 4.43. The Labute approximate surface area is 121 Å². The molecule has 1 aliphatic rings. The van der Waals surface area contributed by atoms with Crippen LogP contribution in [0.25, 0.3) is 0 Å². The molecule has 3 N–H and O–H groups in total. The van der Waals surface area contributed by atoms with Crippen LogP contribution < -0.4 is 10.5 Å². The van der Waals surface area contributed by atoms with Gasteiger partial charge in [-0.15, -0.1) is 0 Å². The normalized spacial score (nSPS) is 22.6. The molecule has 2 rings (SSSR count). The lowest BCUT2D eigenvalue weighted by atomic mass is 9.74. The van der Waals surface area contributed by atoms with Crippen LogP contribution in [0.1, 0.15) is 45.2 Å². The van der Waals surface area contributed by atoms with Crippen molar-refractivity contribution in [2.75, 3.05) is 0 Å². The van der Waals surface area contributed by atoms with E-state index in [4.69, 9.17) is 5.73 Å². The fourth-order valence-electron chi connectivity index (χ4n) is 2.78. The highest BCUT2D eigenvalue weighted by atomic mass is 32.2. The molecule has 0 radical (unpaired) electrons. The second kappa shape index (κ2) is 5.79. The summed E-state index contributed by atoms with van der Waals surface area (Å²) >= 11 is 0. The Morgan fingerprint density at radius 3 is 2.85 bits per heavy atom. The molecule has 0 amide bonds. The van der Waals surface area contributed by atoms with Gasteiger partial charge in [-0.25, -0.2) is 13.1 Å². The number of nitrogens with zero attached hydrogens (tertiary/aromatic N) is 1. The van der Waals surface area contributed by atoms with Gasteiger partial charge in [-0.1, -0.05) is 26.7 Å². The van der Waals surface area contributed by atoms with Crippen LogP contribution >= 0.6 is 0 Å². The van der Waals surface area contributed by atoms with Crippen molar-refractivity contribution < 1.29 is 8.42 Å². The van der Waals surface area contributed by atoms with Gasteiger partial charge in [-0.05, 0) is 30.4 Å². The van der Waals surface area contributed by atoms with Crippen molar-refractivity contribution in [2.45, 2.75) is 57.0 Å². The average Bonchev–Trinajstić information content (AvgIpc) is 2.41. The summed E-state index contributed by atoms with van der Waals surface area (Å²) in [6, 6.07) is 3.15. The first kappa shape index (κ1) is 15.4. The predicted octanol–water partition coefficient (Wildman–Crippen LogP) is 1.79. The number of hydrogen-bond donors (Lipinski definition) is 2. The summed E-state index contributed by atoms with van der Waals surface area (Å²) in [7, 11) is -3.57. The molecule has 1 aliphatic carbocycles. The Kier molecular flexibility index (Phi) is 4.46. The van der Waals surface area contributed by atoms with Gasteiger partial charge in [0.1, 0.15) is 4.90 Å². The molecular weight excluding hydrogens is 274 g/mol. The zero-order valence-electron chi connectivity index (χ0n) is 12.1. The summed E-state index contributed by atoms with van der Waals surface area (Å²) in [6.07, 6.45) is 5.70.